The van der Waals surface area contributed by atoms with Crippen molar-refractivity contribution < 1.29 is 19.4 Å². The highest BCUT2D eigenvalue weighted by Crippen LogP contribution is 2.28. The van der Waals surface area contributed by atoms with Crippen LogP contribution in [0, 0.1) is 11.8 Å². The zero-order valence-corrected chi connectivity index (χ0v) is 8.26. The van der Waals surface area contributed by atoms with Gasteiger partial charge in [-0.15, -0.1) is 0 Å². The highest BCUT2D eigenvalue weighted by molar-refractivity contribution is 5.94. The molecular formula is C10H13NO4. The zero-order chi connectivity index (χ0) is 10.8. The Bertz CT molecular complexity index is 301. The number of fused-ring (bicyclic) bond motifs is 1. The van der Waals surface area contributed by atoms with E-state index in [0.717, 1.165) is 25.4 Å². The van der Waals surface area contributed by atoms with Crippen molar-refractivity contribution in [3.63, 3.8) is 0 Å². The molecule has 2 rings (SSSR count). The van der Waals surface area contributed by atoms with E-state index in [1.54, 1.807) is 4.90 Å². The molecule has 1 N–H and O–H groups in total. The molecule has 5 heteroatoms. The Kier molecular flexibility index (Phi) is 2.73. The van der Waals surface area contributed by atoms with Crippen LogP contribution >= 0.6 is 0 Å². The van der Waals surface area contributed by atoms with Gasteiger partial charge >= 0.3 is 5.97 Å². The number of hydrogen-bond donors (Lipinski definition) is 1. The number of hydrogen-bond acceptors (Lipinski definition) is 3. The second-order valence-corrected chi connectivity index (χ2v) is 3.97. The van der Waals surface area contributed by atoms with Gasteiger partial charge in [0, 0.05) is 37.1 Å². The minimum atomic E-state index is -1.09. The van der Waals surface area contributed by atoms with Gasteiger partial charge in [-0.2, -0.15) is 0 Å². The number of rotatable bonds is 2. The van der Waals surface area contributed by atoms with E-state index >= 15 is 0 Å². The Balaban J connectivity index is 1.91. The number of carbonyl (C=O) groups is 2. The molecule has 0 radical (unpaired) electrons. The Morgan fingerprint density at radius 1 is 1.20 bits per heavy atom. The number of carboxylic acids is 1. The standard InChI is InChI=1S/C10H13NO4/c12-9(1-2-10(13)14)11-3-7-5-15-6-8(7)4-11/h1-2,7-8H,3-6H2,(H,13,14)/b2-1+/t7-,8-/m0/s1. The summed E-state index contributed by atoms with van der Waals surface area (Å²) < 4.78 is 5.29. The normalized spacial score (nSPS) is 29.7. The lowest BCUT2D eigenvalue weighted by molar-refractivity contribution is -0.132. The molecule has 2 saturated heterocycles. The van der Waals surface area contributed by atoms with E-state index < -0.39 is 5.97 Å². The highest BCUT2D eigenvalue weighted by Gasteiger charge is 2.38. The predicted molar refractivity (Wildman–Crippen MR) is 51.2 cm³/mol. The maximum Gasteiger partial charge on any atom is 0.328 e. The first kappa shape index (κ1) is 10.2. The molecule has 2 fully saturated rings. The first-order valence-corrected chi connectivity index (χ1v) is 4.94. The van der Waals surface area contributed by atoms with Crippen LogP contribution in [0.25, 0.3) is 0 Å². The van der Waals surface area contributed by atoms with Gasteiger partial charge < -0.3 is 14.7 Å². The van der Waals surface area contributed by atoms with Gasteiger partial charge in [0.15, 0.2) is 0 Å². The lowest BCUT2D eigenvalue weighted by atomic mass is 10.0. The summed E-state index contributed by atoms with van der Waals surface area (Å²) in [5.41, 5.74) is 0. The zero-order valence-electron chi connectivity index (χ0n) is 8.26. The molecule has 15 heavy (non-hydrogen) atoms. The average molecular weight is 211 g/mol. The first-order chi connectivity index (χ1) is 7.16. The maximum atomic E-state index is 11.5. The lowest BCUT2D eigenvalue weighted by Gasteiger charge is -2.14. The Morgan fingerprint density at radius 3 is 2.33 bits per heavy atom. The molecule has 0 spiro atoms. The van der Waals surface area contributed by atoms with Crippen molar-refractivity contribution in [3.8, 4) is 0 Å². The number of carboxylic acid groups (broad SMARTS) is 1. The second-order valence-electron chi connectivity index (χ2n) is 3.97. The molecule has 2 heterocycles. The summed E-state index contributed by atoms with van der Waals surface area (Å²) in [7, 11) is 0. The molecule has 0 saturated carbocycles. The maximum absolute atomic E-state index is 11.5. The van der Waals surface area contributed by atoms with Crippen LogP contribution in [-0.4, -0.2) is 48.2 Å². The molecule has 1 amide bonds. The fraction of sp³-hybridized carbons (Fsp3) is 0.600. The van der Waals surface area contributed by atoms with Crippen molar-refractivity contribution in [3.05, 3.63) is 12.2 Å². The predicted octanol–water partition coefficient (Wildman–Crippen LogP) is -0.268. The van der Waals surface area contributed by atoms with Crippen LogP contribution in [0.2, 0.25) is 0 Å². The lowest BCUT2D eigenvalue weighted by Crippen LogP contribution is -2.28. The Morgan fingerprint density at radius 2 is 1.80 bits per heavy atom. The Labute approximate surface area is 87.3 Å². The number of likely N-dealkylation sites (tertiary alicyclic amines) is 1. The van der Waals surface area contributed by atoms with E-state index in [9.17, 15) is 9.59 Å². The minimum absolute atomic E-state index is 0.216. The molecule has 5 nitrogen and oxygen atoms in total. The van der Waals surface area contributed by atoms with Crippen LogP contribution in [0.5, 0.6) is 0 Å². The van der Waals surface area contributed by atoms with Crippen molar-refractivity contribution in [1.29, 1.82) is 0 Å². The van der Waals surface area contributed by atoms with Crippen LogP contribution in [0.4, 0.5) is 0 Å². The van der Waals surface area contributed by atoms with Crippen LogP contribution < -0.4 is 0 Å². The molecule has 0 aromatic carbocycles. The highest BCUT2D eigenvalue weighted by atomic mass is 16.5. The number of nitrogens with zero attached hydrogens (tertiary/aromatic N) is 1. The molecular weight excluding hydrogens is 198 g/mol. The van der Waals surface area contributed by atoms with Gasteiger partial charge in [0.2, 0.25) is 5.91 Å². The molecule has 0 bridgehead atoms. The molecule has 0 unspecified atom stereocenters. The van der Waals surface area contributed by atoms with E-state index in [2.05, 4.69) is 0 Å². The number of aliphatic carboxylic acids is 1. The number of carbonyl (C=O) groups excluding carboxylic acids is 1. The molecule has 2 aliphatic heterocycles. The Hall–Kier alpha value is -1.36. The first-order valence-electron chi connectivity index (χ1n) is 4.94. The van der Waals surface area contributed by atoms with Gasteiger partial charge in [0.05, 0.1) is 13.2 Å². The van der Waals surface area contributed by atoms with Gasteiger partial charge in [0.1, 0.15) is 0 Å². The van der Waals surface area contributed by atoms with Crippen molar-refractivity contribution >= 4 is 11.9 Å². The molecule has 0 aliphatic carbocycles. The van der Waals surface area contributed by atoms with Crippen molar-refractivity contribution in [2.24, 2.45) is 11.8 Å². The van der Waals surface area contributed by atoms with E-state index in [1.165, 1.54) is 0 Å². The summed E-state index contributed by atoms with van der Waals surface area (Å²) in [5, 5.41) is 8.39. The fourth-order valence-corrected chi connectivity index (χ4v) is 2.12. The van der Waals surface area contributed by atoms with Gasteiger partial charge in [0.25, 0.3) is 0 Å². The summed E-state index contributed by atoms with van der Waals surface area (Å²) >= 11 is 0. The molecule has 0 aromatic heterocycles. The van der Waals surface area contributed by atoms with Crippen LogP contribution in [0.15, 0.2) is 12.2 Å². The minimum Gasteiger partial charge on any atom is -0.478 e. The SMILES string of the molecule is O=C(O)/C=C/C(=O)N1C[C@H]2COC[C@@H]2C1. The summed E-state index contributed by atoms with van der Waals surface area (Å²) in [6, 6.07) is 0. The monoisotopic (exact) mass is 211 g/mol. The largest absolute Gasteiger partial charge is 0.478 e. The third-order valence-electron chi connectivity index (χ3n) is 2.92. The summed E-state index contributed by atoms with van der Waals surface area (Å²) in [6.07, 6.45) is 2.00. The van der Waals surface area contributed by atoms with E-state index in [-0.39, 0.29) is 5.91 Å². The molecule has 2 aliphatic rings. The van der Waals surface area contributed by atoms with Crippen LogP contribution in [0.1, 0.15) is 0 Å². The summed E-state index contributed by atoms with van der Waals surface area (Å²) in [5.74, 6) is -0.433. The smallest absolute Gasteiger partial charge is 0.328 e. The molecule has 2 atom stereocenters. The molecule has 0 aromatic rings. The number of amides is 1. The van der Waals surface area contributed by atoms with Gasteiger partial charge in [-0.1, -0.05) is 0 Å². The third kappa shape index (κ3) is 2.18. The van der Waals surface area contributed by atoms with E-state index in [4.69, 9.17) is 9.84 Å². The summed E-state index contributed by atoms with van der Waals surface area (Å²) in [6.45, 7) is 2.81. The van der Waals surface area contributed by atoms with E-state index in [0.29, 0.717) is 24.9 Å². The number of ether oxygens (including phenoxy) is 1. The topological polar surface area (TPSA) is 66.8 Å². The van der Waals surface area contributed by atoms with Crippen molar-refractivity contribution in [2.45, 2.75) is 0 Å². The van der Waals surface area contributed by atoms with E-state index in [1.807, 2.05) is 0 Å². The fourth-order valence-electron chi connectivity index (χ4n) is 2.12. The molecule has 82 valence electrons. The quantitative estimate of drug-likeness (QED) is 0.638. The van der Waals surface area contributed by atoms with Crippen LogP contribution in [0.3, 0.4) is 0 Å². The summed E-state index contributed by atoms with van der Waals surface area (Å²) in [4.78, 5) is 23.4. The van der Waals surface area contributed by atoms with Crippen molar-refractivity contribution in [2.75, 3.05) is 26.3 Å². The van der Waals surface area contributed by atoms with Gasteiger partial charge in [-0.25, -0.2) is 4.79 Å². The average Bonchev–Trinajstić information content (AvgIpc) is 2.72. The van der Waals surface area contributed by atoms with Crippen LogP contribution in [-0.2, 0) is 14.3 Å². The second kappa shape index (κ2) is 4.02. The van der Waals surface area contributed by atoms with Gasteiger partial charge in [-0.05, 0) is 0 Å². The van der Waals surface area contributed by atoms with Gasteiger partial charge in [-0.3, -0.25) is 4.79 Å². The third-order valence-corrected chi connectivity index (χ3v) is 2.92. The van der Waals surface area contributed by atoms with Crippen molar-refractivity contribution in [1.82, 2.24) is 4.90 Å².